The lowest BCUT2D eigenvalue weighted by atomic mass is 10.0. The summed E-state index contributed by atoms with van der Waals surface area (Å²) in [7, 11) is 0. The van der Waals surface area contributed by atoms with Crippen LogP contribution in [-0.2, 0) is 4.79 Å². The van der Waals surface area contributed by atoms with Crippen LogP contribution in [0.1, 0.15) is 6.92 Å². The number of halogens is 1. The summed E-state index contributed by atoms with van der Waals surface area (Å²) in [6.07, 6.45) is 0. The van der Waals surface area contributed by atoms with Crippen LogP contribution in [-0.4, -0.2) is 23.9 Å². The van der Waals surface area contributed by atoms with Gasteiger partial charge in [0, 0.05) is 30.4 Å². The van der Waals surface area contributed by atoms with E-state index in [1.54, 1.807) is 6.92 Å². The van der Waals surface area contributed by atoms with Crippen molar-refractivity contribution in [3.8, 4) is 0 Å². The number of nitro benzene ring substituents is 1. The second-order valence-corrected chi connectivity index (χ2v) is 4.21. The van der Waals surface area contributed by atoms with Crippen molar-refractivity contribution in [2.24, 2.45) is 0 Å². The number of nitrogens with zero attached hydrogens (tertiary/aromatic N) is 1. The van der Waals surface area contributed by atoms with Crippen molar-refractivity contribution in [3.05, 3.63) is 45.3 Å². The van der Waals surface area contributed by atoms with Gasteiger partial charge in [0.2, 0.25) is 5.82 Å². The van der Waals surface area contributed by atoms with Gasteiger partial charge < -0.3 is 10.6 Å². The number of carbonyl (C=O) groups is 1. The minimum atomic E-state index is -0.929. The summed E-state index contributed by atoms with van der Waals surface area (Å²) in [6, 6.07) is 3.25. The Morgan fingerprint density at radius 2 is 2.16 bits per heavy atom. The molecule has 7 heteroatoms. The molecule has 0 atom stereocenters. The topological polar surface area (TPSA) is 84.3 Å². The highest BCUT2D eigenvalue weighted by molar-refractivity contribution is 6.04. The number of benzene rings is 1. The highest BCUT2D eigenvalue weighted by atomic mass is 19.1. The lowest BCUT2D eigenvalue weighted by molar-refractivity contribution is -0.387. The summed E-state index contributed by atoms with van der Waals surface area (Å²) in [6.45, 7) is 3.02. The molecule has 1 amide bonds. The maximum absolute atomic E-state index is 13.1. The van der Waals surface area contributed by atoms with E-state index in [4.69, 9.17) is 0 Å². The molecule has 1 aromatic rings. The number of anilines is 1. The number of hydrogen-bond donors (Lipinski definition) is 2. The lowest BCUT2D eigenvalue weighted by Gasteiger charge is -2.21. The molecule has 6 nitrogen and oxygen atoms in total. The molecule has 1 aliphatic heterocycles. The Morgan fingerprint density at radius 3 is 2.68 bits per heavy atom. The molecule has 1 aliphatic rings. The van der Waals surface area contributed by atoms with E-state index in [2.05, 4.69) is 10.6 Å². The predicted molar refractivity (Wildman–Crippen MR) is 67.3 cm³/mol. The average Bonchev–Trinajstić information content (AvgIpc) is 2.28. The van der Waals surface area contributed by atoms with E-state index >= 15 is 0 Å². The van der Waals surface area contributed by atoms with Gasteiger partial charge in [-0.15, -0.1) is 0 Å². The van der Waals surface area contributed by atoms with Crippen molar-refractivity contribution < 1.29 is 14.1 Å². The molecule has 100 valence electrons. The molecule has 1 fully saturated rings. The van der Waals surface area contributed by atoms with E-state index in [0.29, 0.717) is 18.7 Å². The average molecular weight is 265 g/mol. The molecule has 0 aromatic heterocycles. The van der Waals surface area contributed by atoms with Gasteiger partial charge in [0.05, 0.1) is 4.92 Å². The third kappa shape index (κ3) is 2.76. The molecule has 0 unspecified atom stereocenters. The van der Waals surface area contributed by atoms with Gasteiger partial charge in [-0.25, -0.2) is 0 Å². The number of carbonyl (C=O) groups excluding carboxylic acids is 1. The molecule has 1 saturated heterocycles. The van der Waals surface area contributed by atoms with Crippen LogP contribution in [0.15, 0.2) is 29.3 Å². The Balaban J connectivity index is 2.17. The van der Waals surface area contributed by atoms with Crippen molar-refractivity contribution >= 4 is 17.3 Å². The fourth-order valence-corrected chi connectivity index (χ4v) is 1.63. The molecule has 2 N–H and O–H groups in total. The van der Waals surface area contributed by atoms with Crippen LogP contribution in [0.5, 0.6) is 0 Å². The number of nitrogens with one attached hydrogen (secondary N) is 2. The van der Waals surface area contributed by atoms with Crippen LogP contribution < -0.4 is 10.6 Å². The minimum Gasteiger partial charge on any atom is -0.322 e. The van der Waals surface area contributed by atoms with Crippen LogP contribution in [0, 0.1) is 15.9 Å². The zero-order chi connectivity index (χ0) is 14.0. The van der Waals surface area contributed by atoms with Crippen LogP contribution in [0.25, 0.3) is 0 Å². The van der Waals surface area contributed by atoms with Gasteiger partial charge in [-0.2, -0.15) is 4.39 Å². The SMILES string of the molecule is CC(C(=O)Nc1ccc(F)c([N+](=O)[O-])c1)=C1CNC1. The van der Waals surface area contributed by atoms with Crippen LogP contribution in [0.4, 0.5) is 15.8 Å². The Hall–Kier alpha value is -2.28. The lowest BCUT2D eigenvalue weighted by Crippen LogP contribution is -2.36. The summed E-state index contributed by atoms with van der Waals surface area (Å²) in [5.74, 6) is -1.27. The Bertz CT molecular complexity index is 578. The van der Waals surface area contributed by atoms with Crippen molar-refractivity contribution in [1.29, 1.82) is 0 Å². The van der Waals surface area contributed by atoms with Crippen LogP contribution in [0.2, 0.25) is 0 Å². The maximum Gasteiger partial charge on any atom is 0.306 e. The fraction of sp³-hybridized carbons (Fsp3) is 0.250. The normalized spacial score (nSPS) is 13.7. The number of nitro groups is 1. The third-order valence-corrected chi connectivity index (χ3v) is 2.95. The Morgan fingerprint density at radius 1 is 1.47 bits per heavy atom. The smallest absolute Gasteiger partial charge is 0.306 e. The van der Waals surface area contributed by atoms with Gasteiger partial charge in [0.1, 0.15) is 0 Å². The predicted octanol–water partition coefficient (Wildman–Crippen LogP) is 1.59. The Kier molecular flexibility index (Phi) is 3.57. The quantitative estimate of drug-likeness (QED) is 0.494. The van der Waals surface area contributed by atoms with Crippen molar-refractivity contribution in [2.75, 3.05) is 18.4 Å². The third-order valence-electron chi connectivity index (χ3n) is 2.95. The highest BCUT2D eigenvalue weighted by Crippen LogP contribution is 2.22. The van der Waals surface area contributed by atoms with E-state index in [1.165, 1.54) is 6.07 Å². The van der Waals surface area contributed by atoms with Gasteiger partial charge >= 0.3 is 5.69 Å². The van der Waals surface area contributed by atoms with Crippen molar-refractivity contribution in [2.45, 2.75) is 6.92 Å². The molecule has 1 aromatic carbocycles. The summed E-state index contributed by atoms with van der Waals surface area (Å²) < 4.78 is 13.1. The molecule has 0 radical (unpaired) electrons. The summed E-state index contributed by atoms with van der Waals surface area (Å²) in [4.78, 5) is 21.6. The van der Waals surface area contributed by atoms with Crippen LogP contribution >= 0.6 is 0 Å². The zero-order valence-electron chi connectivity index (χ0n) is 10.2. The monoisotopic (exact) mass is 265 g/mol. The summed E-state index contributed by atoms with van der Waals surface area (Å²) >= 11 is 0. The zero-order valence-corrected chi connectivity index (χ0v) is 10.2. The first kappa shape index (κ1) is 13.2. The number of rotatable bonds is 3. The van der Waals surface area contributed by atoms with Gasteiger partial charge in [-0.05, 0) is 24.6 Å². The Labute approximate surface area is 108 Å². The first-order valence-corrected chi connectivity index (χ1v) is 5.63. The van der Waals surface area contributed by atoms with E-state index in [1.807, 2.05) is 0 Å². The second-order valence-electron chi connectivity index (χ2n) is 4.21. The van der Waals surface area contributed by atoms with Gasteiger partial charge in [0.25, 0.3) is 5.91 Å². The summed E-state index contributed by atoms with van der Waals surface area (Å²) in [5.41, 5.74) is 1.11. The van der Waals surface area contributed by atoms with Gasteiger partial charge in [0.15, 0.2) is 0 Å². The van der Waals surface area contributed by atoms with Gasteiger partial charge in [-0.3, -0.25) is 14.9 Å². The molecular formula is C12H12FN3O3. The molecule has 0 spiro atoms. The molecule has 1 heterocycles. The molecular weight excluding hydrogens is 253 g/mol. The molecule has 0 bridgehead atoms. The first-order chi connectivity index (χ1) is 8.99. The minimum absolute atomic E-state index is 0.199. The van der Waals surface area contributed by atoms with E-state index in [9.17, 15) is 19.3 Å². The van der Waals surface area contributed by atoms with E-state index < -0.39 is 16.4 Å². The number of hydrogen-bond acceptors (Lipinski definition) is 4. The van der Waals surface area contributed by atoms with E-state index in [0.717, 1.165) is 17.7 Å². The molecule has 2 rings (SSSR count). The van der Waals surface area contributed by atoms with Crippen LogP contribution in [0.3, 0.4) is 0 Å². The van der Waals surface area contributed by atoms with Gasteiger partial charge in [-0.1, -0.05) is 0 Å². The molecule has 19 heavy (non-hydrogen) atoms. The first-order valence-electron chi connectivity index (χ1n) is 5.63. The molecule has 0 saturated carbocycles. The van der Waals surface area contributed by atoms with Crippen molar-refractivity contribution in [1.82, 2.24) is 5.32 Å². The molecule has 0 aliphatic carbocycles. The number of amides is 1. The standard InChI is InChI=1S/C12H12FN3O3/c1-7(8-5-14-6-8)12(17)15-9-2-3-10(13)11(4-9)16(18)19/h2-4,14H,5-6H2,1H3,(H,15,17). The largest absolute Gasteiger partial charge is 0.322 e. The van der Waals surface area contributed by atoms with Crippen molar-refractivity contribution in [3.63, 3.8) is 0 Å². The fourth-order valence-electron chi connectivity index (χ4n) is 1.63. The summed E-state index contributed by atoms with van der Waals surface area (Å²) in [5, 5.41) is 16.1. The maximum atomic E-state index is 13.1. The highest BCUT2D eigenvalue weighted by Gasteiger charge is 2.18. The second kappa shape index (κ2) is 5.15. The van der Waals surface area contributed by atoms with E-state index in [-0.39, 0.29) is 11.6 Å².